The highest BCUT2D eigenvalue weighted by atomic mass is 16.5. The molecule has 3 rings (SSSR count). The molecule has 2 amide bonds. The van der Waals surface area contributed by atoms with Crippen molar-refractivity contribution in [2.75, 3.05) is 13.2 Å². The number of likely N-dealkylation sites (tertiary alicyclic amines) is 1. The van der Waals surface area contributed by atoms with Gasteiger partial charge in [-0.05, 0) is 43.2 Å². The highest BCUT2D eigenvalue weighted by Crippen LogP contribution is 2.49. The lowest BCUT2D eigenvalue weighted by molar-refractivity contribution is -0.146. The number of benzene rings is 1. The van der Waals surface area contributed by atoms with Gasteiger partial charge in [0.25, 0.3) is 0 Å². The van der Waals surface area contributed by atoms with Gasteiger partial charge in [-0.25, -0.2) is 4.79 Å². The number of esters is 1. The fraction of sp³-hybridized carbons (Fsp3) is 0.529. The van der Waals surface area contributed by atoms with Gasteiger partial charge in [-0.15, -0.1) is 0 Å². The van der Waals surface area contributed by atoms with Gasteiger partial charge in [-0.2, -0.15) is 0 Å². The summed E-state index contributed by atoms with van der Waals surface area (Å²) in [5, 5.41) is 0. The third-order valence-electron chi connectivity index (χ3n) is 4.76. The van der Waals surface area contributed by atoms with E-state index in [0.717, 1.165) is 19.3 Å². The smallest absolute Gasteiger partial charge is 0.315 e. The Morgan fingerprint density at radius 3 is 2.86 bits per heavy atom. The van der Waals surface area contributed by atoms with E-state index in [1.165, 1.54) is 11.1 Å². The molecule has 1 aliphatic heterocycles. The first kappa shape index (κ1) is 14.9. The molecule has 22 heavy (non-hydrogen) atoms. The van der Waals surface area contributed by atoms with Crippen LogP contribution in [0.2, 0.25) is 0 Å². The maximum atomic E-state index is 12.2. The number of carbonyl (C=O) groups is 2. The largest absolute Gasteiger partial charge is 0.463 e. The minimum absolute atomic E-state index is 0.0375. The SMILES string of the molecule is Cc1ccccc1C1CC1C(=O)OCC1CCCN1C(N)=O. The van der Waals surface area contributed by atoms with E-state index >= 15 is 0 Å². The fourth-order valence-electron chi connectivity index (χ4n) is 3.39. The second-order valence-electron chi connectivity index (χ2n) is 6.26. The molecule has 1 saturated carbocycles. The number of nitrogens with two attached hydrogens (primary N) is 1. The van der Waals surface area contributed by atoms with Gasteiger partial charge in [-0.1, -0.05) is 24.3 Å². The van der Waals surface area contributed by atoms with Crippen LogP contribution >= 0.6 is 0 Å². The van der Waals surface area contributed by atoms with Crippen molar-refractivity contribution in [1.82, 2.24) is 4.90 Å². The van der Waals surface area contributed by atoms with Crippen LogP contribution in [0.3, 0.4) is 0 Å². The predicted molar refractivity (Wildman–Crippen MR) is 82.3 cm³/mol. The van der Waals surface area contributed by atoms with E-state index < -0.39 is 6.03 Å². The zero-order valence-electron chi connectivity index (χ0n) is 12.8. The molecular weight excluding hydrogens is 280 g/mol. The molecule has 0 radical (unpaired) electrons. The first-order valence-electron chi connectivity index (χ1n) is 7.86. The van der Waals surface area contributed by atoms with Crippen LogP contribution in [-0.4, -0.2) is 36.1 Å². The molecule has 2 fully saturated rings. The third-order valence-corrected chi connectivity index (χ3v) is 4.76. The summed E-state index contributed by atoms with van der Waals surface area (Å²) in [4.78, 5) is 25.1. The number of urea groups is 1. The molecule has 0 bridgehead atoms. The van der Waals surface area contributed by atoms with E-state index in [9.17, 15) is 9.59 Å². The highest BCUT2D eigenvalue weighted by Gasteiger charge is 2.46. The molecule has 1 saturated heterocycles. The summed E-state index contributed by atoms with van der Waals surface area (Å²) in [6.45, 7) is 2.99. The molecule has 2 N–H and O–H groups in total. The Labute approximate surface area is 130 Å². The highest BCUT2D eigenvalue weighted by molar-refractivity contribution is 5.77. The van der Waals surface area contributed by atoms with Gasteiger partial charge in [0.15, 0.2) is 0 Å². The standard InChI is InChI=1S/C17H22N2O3/c1-11-5-2-3-7-13(11)14-9-15(14)16(20)22-10-12-6-4-8-19(12)17(18)21/h2-3,5,7,12,14-15H,4,6,8-10H2,1H3,(H2,18,21). The summed E-state index contributed by atoms with van der Waals surface area (Å²) >= 11 is 0. The van der Waals surface area contributed by atoms with E-state index in [2.05, 4.69) is 19.1 Å². The van der Waals surface area contributed by atoms with Crippen LogP contribution in [0.5, 0.6) is 0 Å². The van der Waals surface area contributed by atoms with Gasteiger partial charge < -0.3 is 15.4 Å². The molecule has 5 nitrogen and oxygen atoms in total. The molecule has 1 aliphatic carbocycles. The van der Waals surface area contributed by atoms with E-state index in [-0.39, 0.29) is 30.5 Å². The number of aryl methyl sites for hydroxylation is 1. The van der Waals surface area contributed by atoms with Crippen molar-refractivity contribution in [2.45, 2.75) is 38.1 Å². The van der Waals surface area contributed by atoms with Crippen molar-refractivity contribution in [1.29, 1.82) is 0 Å². The minimum atomic E-state index is -0.428. The van der Waals surface area contributed by atoms with Gasteiger partial charge >= 0.3 is 12.0 Å². The van der Waals surface area contributed by atoms with Gasteiger partial charge in [-0.3, -0.25) is 4.79 Å². The van der Waals surface area contributed by atoms with Crippen molar-refractivity contribution in [2.24, 2.45) is 11.7 Å². The Hall–Kier alpha value is -2.04. The van der Waals surface area contributed by atoms with Crippen molar-refractivity contribution in [3.63, 3.8) is 0 Å². The summed E-state index contributed by atoms with van der Waals surface area (Å²) in [5.41, 5.74) is 7.79. The quantitative estimate of drug-likeness (QED) is 0.866. The molecular formula is C17H22N2O3. The van der Waals surface area contributed by atoms with E-state index in [4.69, 9.17) is 10.5 Å². The minimum Gasteiger partial charge on any atom is -0.463 e. The molecule has 1 aromatic carbocycles. The van der Waals surface area contributed by atoms with Crippen LogP contribution in [-0.2, 0) is 9.53 Å². The van der Waals surface area contributed by atoms with Gasteiger partial charge in [0.1, 0.15) is 6.61 Å². The molecule has 0 aromatic heterocycles. The Bertz CT molecular complexity index is 587. The molecule has 5 heteroatoms. The van der Waals surface area contributed by atoms with Crippen LogP contribution in [0.15, 0.2) is 24.3 Å². The summed E-state index contributed by atoms with van der Waals surface area (Å²) < 4.78 is 5.43. The maximum Gasteiger partial charge on any atom is 0.315 e. The number of rotatable bonds is 4. The number of primary amides is 1. The zero-order valence-corrected chi connectivity index (χ0v) is 12.8. The van der Waals surface area contributed by atoms with Crippen LogP contribution in [0.1, 0.15) is 36.3 Å². The van der Waals surface area contributed by atoms with Crippen LogP contribution in [0, 0.1) is 12.8 Å². The number of amides is 2. The van der Waals surface area contributed by atoms with Crippen molar-refractivity contribution in [3.05, 3.63) is 35.4 Å². The van der Waals surface area contributed by atoms with E-state index in [1.54, 1.807) is 4.90 Å². The molecule has 2 aliphatic rings. The van der Waals surface area contributed by atoms with Crippen LogP contribution in [0.25, 0.3) is 0 Å². The topological polar surface area (TPSA) is 72.6 Å². The second kappa shape index (κ2) is 5.99. The average molecular weight is 302 g/mol. The van der Waals surface area contributed by atoms with Gasteiger partial charge in [0.05, 0.1) is 12.0 Å². The van der Waals surface area contributed by atoms with E-state index in [1.807, 2.05) is 12.1 Å². The number of hydrogen-bond acceptors (Lipinski definition) is 3. The summed E-state index contributed by atoms with van der Waals surface area (Å²) in [5.74, 6) is 0.0960. The Morgan fingerprint density at radius 2 is 2.14 bits per heavy atom. The molecule has 3 atom stereocenters. The van der Waals surface area contributed by atoms with Gasteiger partial charge in [0.2, 0.25) is 0 Å². The number of nitrogens with zero attached hydrogens (tertiary/aromatic N) is 1. The Morgan fingerprint density at radius 1 is 1.36 bits per heavy atom. The van der Waals surface area contributed by atoms with Crippen LogP contribution < -0.4 is 5.73 Å². The zero-order chi connectivity index (χ0) is 15.7. The summed E-state index contributed by atoms with van der Waals surface area (Å²) in [7, 11) is 0. The lowest BCUT2D eigenvalue weighted by Gasteiger charge is -2.22. The van der Waals surface area contributed by atoms with Crippen molar-refractivity contribution in [3.8, 4) is 0 Å². The Balaban J connectivity index is 1.52. The number of carbonyl (C=O) groups excluding carboxylic acids is 2. The maximum absolute atomic E-state index is 12.2. The average Bonchev–Trinajstić information content (AvgIpc) is 3.14. The monoisotopic (exact) mass is 302 g/mol. The lowest BCUT2D eigenvalue weighted by atomic mass is 10.0. The normalized spacial score (nSPS) is 26.8. The van der Waals surface area contributed by atoms with Gasteiger partial charge in [0, 0.05) is 6.54 Å². The molecule has 0 spiro atoms. The fourth-order valence-corrected chi connectivity index (χ4v) is 3.39. The second-order valence-corrected chi connectivity index (χ2v) is 6.26. The first-order chi connectivity index (χ1) is 10.6. The van der Waals surface area contributed by atoms with E-state index in [0.29, 0.717) is 6.54 Å². The third kappa shape index (κ3) is 2.93. The Kier molecular flexibility index (Phi) is 4.05. The lowest BCUT2D eigenvalue weighted by Crippen LogP contribution is -2.42. The number of hydrogen-bond donors (Lipinski definition) is 1. The first-order valence-corrected chi connectivity index (χ1v) is 7.86. The molecule has 1 aromatic rings. The summed E-state index contributed by atoms with van der Waals surface area (Å²) in [6.07, 6.45) is 2.62. The van der Waals surface area contributed by atoms with Crippen LogP contribution in [0.4, 0.5) is 4.79 Å². The predicted octanol–water partition coefficient (Wildman–Crippen LogP) is 2.18. The summed E-state index contributed by atoms with van der Waals surface area (Å²) in [6, 6.07) is 7.68. The molecule has 118 valence electrons. The molecule has 3 unspecified atom stereocenters. The van der Waals surface area contributed by atoms with Crippen molar-refractivity contribution < 1.29 is 14.3 Å². The van der Waals surface area contributed by atoms with Crippen molar-refractivity contribution >= 4 is 12.0 Å². The number of ether oxygens (including phenoxy) is 1. The molecule has 1 heterocycles.